The molecule has 4 aromatic carbocycles. The number of fused-ring (bicyclic) bond motifs is 2. The molecule has 0 aliphatic heterocycles. The molecule has 4 aromatic rings. The lowest BCUT2D eigenvalue weighted by Gasteiger charge is -2.18. The molecule has 0 spiro atoms. The molecule has 0 aromatic heterocycles. The second kappa shape index (κ2) is 7.89. The number of anilines is 1. The van der Waals surface area contributed by atoms with E-state index in [4.69, 9.17) is 0 Å². The number of hydrogen-bond acceptors (Lipinski definition) is 3. The van der Waals surface area contributed by atoms with Crippen molar-refractivity contribution in [2.24, 2.45) is 0 Å². The highest BCUT2D eigenvalue weighted by molar-refractivity contribution is 7.89. The van der Waals surface area contributed by atoms with Gasteiger partial charge in [-0.05, 0) is 35.4 Å². The van der Waals surface area contributed by atoms with Gasteiger partial charge in [0, 0.05) is 29.4 Å². The third-order valence-corrected chi connectivity index (χ3v) is 6.70. The van der Waals surface area contributed by atoms with Crippen LogP contribution in [0.15, 0.2) is 83.8 Å². The zero-order valence-electron chi connectivity index (χ0n) is 16.7. The molecule has 0 radical (unpaired) electrons. The second-order valence-electron chi connectivity index (χ2n) is 7.25. The molecule has 0 heterocycles. The normalized spacial score (nSPS) is 12.7. The van der Waals surface area contributed by atoms with E-state index >= 15 is 0 Å². The molecule has 4 rings (SSSR count). The van der Waals surface area contributed by atoms with E-state index in [9.17, 15) is 13.2 Å². The van der Waals surface area contributed by atoms with Crippen LogP contribution in [0, 0.1) is 0 Å². The maximum Gasteiger partial charge on any atom is 0.241 e. The summed E-state index contributed by atoms with van der Waals surface area (Å²) in [5.41, 5.74) is 1.50. The van der Waals surface area contributed by atoms with E-state index < -0.39 is 16.1 Å². The molecule has 0 bridgehead atoms. The minimum Gasteiger partial charge on any atom is -0.326 e. The number of hydrogen-bond donors (Lipinski definition) is 2. The summed E-state index contributed by atoms with van der Waals surface area (Å²) in [7, 11) is -3.81. The van der Waals surface area contributed by atoms with Gasteiger partial charge in [0.1, 0.15) is 0 Å². The summed E-state index contributed by atoms with van der Waals surface area (Å²) in [6.07, 6.45) is 0. The summed E-state index contributed by atoms with van der Waals surface area (Å²) in [4.78, 5) is 11.7. The lowest BCUT2D eigenvalue weighted by Crippen LogP contribution is -2.27. The summed E-state index contributed by atoms with van der Waals surface area (Å²) >= 11 is 0. The minimum absolute atomic E-state index is 0.180. The van der Waals surface area contributed by atoms with Gasteiger partial charge < -0.3 is 5.32 Å². The number of sulfonamides is 1. The van der Waals surface area contributed by atoms with E-state index in [1.165, 1.54) is 6.92 Å². The van der Waals surface area contributed by atoms with Crippen molar-refractivity contribution in [3.63, 3.8) is 0 Å². The Kier molecular flexibility index (Phi) is 5.28. The largest absolute Gasteiger partial charge is 0.326 e. The SMILES string of the molecule is CC(=O)Nc1cccc2c(S(=O)(=O)NC(C)c3cccc4ccccc34)cccc12. The predicted molar refractivity (Wildman–Crippen MR) is 121 cm³/mol. The van der Waals surface area contributed by atoms with Gasteiger partial charge in [-0.3, -0.25) is 4.79 Å². The molecule has 1 unspecified atom stereocenters. The van der Waals surface area contributed by atoms with Gasteiger partial charge in [0.15, 0.2) is 0 Å². The van der Waals surface area contributed by atoms with E-state index in [1.807, 2.05) is 49.4 Å². The molecule has 30 heavy (non-hydrogen) atoms. The van der Waals surface area contributed by atoms with Crippen LogP contribution in [0.5, 0.6) is 0 Å². The molecular formula is C24H22N2O3S. The minimum atomic E-state index is -3.81. The van der Waals surface area contributed by atoms with Crippen LogP contribution < -0.4 is 10.0 Å². The van der Waals surface area contributed by atoms with Crippen molar-refractivity contribution >= 4 is 43.2 Å². The van der Waals surface area contributed by atoms with Crippen molar-refractivity contribution in [2.75, 3.05) is 5.32 Å². The standard InChI is InChI=1S/C24H22N2O3S/c1-16(19-11-5-9-18-8-3-4-10-20(18)19)26-30(28,29)24-15-7-12-21-22(24)13-6-14-23(21)25-17(2)27/h3-16,26H,1-2H3,(H,25,27). The van der Waals surface area contributed by atoms with Gasteiger partial charge in [-0.25, -0.2) is 13.1 Å². The molecule has 5 nitrogen and oxygen atoms in total. The molecule has 1 atom stereocenters. The third kappa shape index (κ3) is 3.79. The molecule has 0 saturated carbocycles. The topological polar surface area (TPSA) is 75.3 Å². The first kappa shape index (κ1) is 20.1. The summed E-state index contributed by atoms with van der Waals surface area (Å²) < 4.78 is 29.4. The van der Waals surface area contributed by atoms with E-state index in [0.717, 1.165) is 16.3 Å². The number of amides is 1. The lowest BCUT2D eigenvalue weighted by molar-refractivity contribution is -0.114. The van der Waals surface area contributed by atoms with E-state index in [2.05, 4.69) is 10.0 Å². The first-order valence-electron chi connectivity index (χ1n) is 9.66. The van der Waals surface area contributed by atoms with Crippen LogP contribution in [0.4, 0.5) is 5.69 Å². The molecule has 1 amide bonds. The van der Waals surface area contributed by atoms with Crippen LogP contribution in [-0.4, -0.2) is 14.3 Å². The van der Waals surface area contributed by atoms with Crippen LogP contribution in [-0.2, 0) is 14.8 Å². The summed E-state index contributed by atoms with van der Waals surface area (Å²) in [5.74, 6) is -0.210. The first-order chi connectivity index (χ1) is 14.4. The zero-order chi connectivity index (χ0) is 21.3. The van der Waals surface area contributed by atoms with Crippen LogP contribution in [0.3, 0.4) is 0 Å². The Morgan fingerprint density at radius 2 is 1.43 bits per heavy atom. The fraction of sp³-hybridized carbons (Fsp3) is 0.125. The highest BCUT2D eigenvalue weighted by Crippen LogP contribution is 2.30. The van der Waals surface area contributed by atoms with Crippen LogP contribution >= 0.6 is 0 Å². The number of nitrogens with one attached hydrogen (secondary N) is 2. The van der Waals surface area contributed by atoms with Crippen molar-refractivity contribution in [2.45, 2.75) is 24.8 Å². The molecule has 6 heteroatoms. The fourth-order valence-electron chi connectivity index (χ4n) is 3.80. The molecular weight excluding hydrogens is 396 g/mol. The predicted octanol–water partition coefficient (Wildman–Crippen LogP) is 4.99. The Morgan fingerprint density at radius 1 is 0.800 bits per heavy atom. The average molecular weight is 419 g/mol. The second-order valence-corrected chi connectivity index (χ2v) is 8.93. The zero-order valence-corrected chi connectivity index (χ0v) is 17.5. The smallest absolute Gasteiger partial charge is 0.241 e. The Labute approximate surface area is 175 Å². The van der Waals surface area contributed by atoms with Crippen LogP contribution in [0.25, 0.3) is 21.5 Å². The van der Waals surface area contributed by atoms with Crippen LogP contribution in [0.1, 0.15) is 25.5 Å². The Balaban J connectivity index is 1.75. The van der Waals surface area contributed by atoms with Gasteiger partial charge in [0.05, 0.1) is 4.90 Å². The van der Waals surface area contributed by atoms with Gasteiger partial charge in [0.25, 0.3) is 0 Å². The first-order valence-corrected chi connectivity index (χ1v) is 11.1. The van der Waals surface area contributed by atoms with E-state index in [0.29, 0.717) is 16.5 Å². The maximum atomic E-state index is 13.3. The van der Waals surface area contributed by atoms with Crippen molar-refractivity contribution in [3.05, 3.63) is 84.4 Å². The van der Waals surface area contributed by atoms with E-state index in [-0.39, 0.29) is 10.8 Å². The van der Waals surface area contributed by atoms with Gasteiger partial charge in [-0.2, -0.15) is 0 Å². The average Bonchev–Trinajstić information content (AvgIpc) is 2.72. The number of carbonyl (C=O) groups excluding carboxylic acids is 1. The molecule has 0 aliphatic carbocycles. The van der Waals surface area contributed by atoms with Gasteiger partial charge in [-0.1, -0.05) is 66.7 Å². The van der Waals surface area contributed by atoms with Gasteiger partial charge >= 0.3 is 0 Å². The molecule has 2 N–H and O–H groups in total. The Morgan fingerprint density at radius 3 is 2.23 bits per heavy atom. The van der Waals surface area contributed by atoms with Gasteiger partial charge in [-0.15, -0.1) is 0 Å². The van der Waals surface area contributed by atoms with Crippen molar-refractivity contribution in [3.8, 4) is 0 Å². The van der Waals surface area contributed by atoms with E-state index in [1.54, 1.807) is 36.4 Å². The number of rotatable bonds is 5. The summed E-state index contributed by atoms with van der Waals surface area (Å²) in [6, 6.07) is 23.7. The van der Waals surface area contributed by atoms with Crippen molar-refractivity contribution in [1.29, 1.82) is 0 Å². The quantitative estimate of drug-likeness (QED) is 0.479. The maximum absolute atomic E-state index is 13.3. The monoisotopic (exact) mass is 418 g/mol. The molecule has 152 valence electrons. The highest BCUT2D eigenvalue weighted by atomic mass is 32.2. The summed E-state index contributed by atoms with van der Waals surface area (Å²) in [6.45, 7) is 3.26. The molecule has 0 aliphatic rings. The van der Waals surface area contributed by atoms with Crippen molar-refractivity contribution in [1.82, 2.24) is 4.72 Å². The Hall–Kier alpha value is -3.22. The molecule has 0 saturated heterocycles. The molecule has 0 fully saturated rings. The lowest BCUT2D eigenvalue weighted by atomic mass is 10.0. The van der Waals surface area contributed by atoms with Crippen molar-refractivity contribution < 1.29 is 13.2 Å². The summed E-state index contributed by atoms with van der Waals surface area (Å²) in [5, 5.41) is 6.07. The fourth-order valence-corrected chi connectivity index (χ4v) is 5.25. The van der Waals surface area contributed by atoms with Gasteiger partial charge in [0.2, 0.25) is 15.9 Å². The Bertz CT molecular complexity index is 1360. The number of carbonyl (C=O) groups is 1. The third-order valence-electron chi connectivity index (χ3n) is 5.10. The number of benzene rings is 4. The van der Waals surface area contributed by atoms with Crippen LogP contribution in [0.2, 0.25) is 0 Å². The highest BCUT2D eigenvalue weighted by Gasteiger charge is 2.22.